The highest BCUT2D eigenvalue weighted by Crippen LogP contribution is 2.37. The van der Waals surface area contributed by atoms with E-state index in [1.807, 2.05) is 0 Å². The van der Waals surface area contributed by atoms with E-state index >= 15 is 0 Å². The molecule has 8 heteroatoms. The molecular weight excluding hydrogens is 237 g/mol. The molecule has 0 saturated heterocycles. The Bertz CT molecular complexity index is 351. The molecule has 0 saturated carbocycles. The number of hydrogen-bond donors (Lipinski definition) is 0. The molecular formula is C8H3BF6O. The zero-order valence-electron chi connectivity index (χ0n) is 7.49. The summed E-state index contributed by atoms with van der Waals surface area (Å²) >= 11 is 0. The van der Waals surface area contributed by atoms with E-state index in [1.54, 1.807) is 0 Å². The van der Waals surface area contributed by atoms with Crippen LogP contribution in [0.25, 0.3) is 0 Å². The quantitative estimate of drug-likeness (QED) is 0.541. The molecule has 1 aromatic rings. The zero-order chi connectivity index (χ0) is 12.6. The van der Waals surface area contributed by atoms with Gasteiger partial charge in [0.1, 0.15) is 0 Å². The summed E-state index contributed by atoms with van der Waals surface area (Å²) in [6.07, 6.45) is -9.79. The first-order chi connectivity index (χ1) is 7.14. The predicted octanol–water partition coefficient (Wildman–Crippen LogP) is 3.19. The smallest absolute Gasteiger partial charge is 0.416 e. The maximum Gasteiger partial charge on any atom is 0.416 e. The molecule has 0 N–H and O–H groups in total. The predicted molar refractivity (Wildman–Crippen MR) is 42.8 cm³/mol. The fourth-order valence-corrected chi connectivity index (χ4v) is 0.994. The van der Waals surface area contributed by atoms with Crippen LogP contribution in [0, 0.1) is 0 Å². The van der Waals surface area contributed by atoms with E-state index in [4.69, 9.17) is 0 Å². The summed E-state index contributed by atoms with van der Waals surface area (Å²) in [5.41, 5.74) is -2.94. The van der Waals surface area contributed by atoms with Crippen molar-refractivity contribution in [2.24, 2.45) is 0 Å². The maximum atomic E-state index is 12.2. The molecule has 2 radical (unpaired) electrons. The van der Waals surface area contributed by atoms with Gasteiger partial charge in [-0.3, -0.25) is 0 Å². The molecule has 0 spiro atoms. The second kappa shape index (κ2) is 3.91. The molecule has 0 aromatic heterocycles. The van der Waals surface area contributed by atoms with Gasteiger partial charge in [0.05, 0.1) is 16.9 Å². The zero-order valence-corrected chi connectivity index (χ0v) is 7.49. The molecule has 0 heterocycles. The van der Waals surface area contributed by atoms with E-state index in [-0.39, 0.29) is 6.07 Å². The minimum Gasteiger partial charge on any atom is -0.568 e. The molecule has 0 aliphatic heterocycles. The van der Waals surface area contributed by atoms with Crippen molar-refractivity contribution in [3.8, 4) is 5.75 Å². The first-order valence-corrected chi connectivity index (χ1v) is 3.81. The molecule has 1 aromatic carbocycles. The Kier molecular flexibility index (Phi) is 3.11. The molecule has 0 fully saturated rings. The Morgan fingerprint density at radius 2 is 1.19 bits per heavy atom. The highest BCUT2D eigenvalue weighted by atomic mass is 19.4. The lowest BCUT2D eigenvalue weighted by Gasteiger charge is -2.13. The molecule has 1 nitrogen and oxygen atoms in total. The third-order valence-corrected chi connectivity index (χ3v) is 1.70. The van der Waals surface area contributed by atoms with Crippen molar-refractivity contribution in [1.29, 1.82) is 0 Å². The van der Waals surface area contributed by atoms with Crippen LogP contribution >= 0.6 is 0 Å². The van der Waals surface area contributed by atoms with E-state index in [9.17, 15) is 26.3 Å². The Labute approximate surface area is 87.5 Å². The summed E-state index contributed by atoms with van der Waals surface area (Å²) in [7, 11) is 4.54. The van der Waals surface area contributed by atoms with Gasteiger partial charge < -0.3 is 4.65 Å². The molecule has 0 bridgehead atoms. The van der Waals surface area contributed by atoms with Crippen LogP contribution in [-0.4, -0.2) is 8.05 Å². The second-order valence-corrected chi connectivity index (χ2v) is 2.86. The van der Waals surface area contributed by atoms with Gasteiger partial charge in [-0.05, 0) is 18.2 Å². The Balaban J connectivity index is 3.33. The van der Waals surface area contributed by atoms with E-state index in [0.29, 0.717) is 12.1 Å². The first-order valence-electron chi connectivity index (χ1n) is 3.81. The van der Waals surface area contributed by atoms with Gasteiger partial charge in [-0.2, -0.15) is 26.3 Å². The van der Waals surface area contributed by atoms with Gasteiger partial charge in [0.15, 0.2) is 0 Å². The monoisotopic (exact) mass is 240 g/mol. The minimum atomic E-state index is -4.89. The van der Waals surface area contributed by atoms with Crippen molar-refractivity contribution in [1.82, 2.24) is 0 Å². The van der Waals surface area contributed by atoms with Crippen molar-refractivity contribution < 1.29 is 31.0 Å². The fraction of sp³-hybridized carbons (Fsp3) is 0.250. The van der Waals surface area contributed by atoms with Gasteiger partial charge in [0, 0.05) is 0 Å². The van der Waals surface area contributed by atoms with Crippen LogP contribution < -0.4 is 4.65 Å². The van der Waals surface area contributed by atoms with E-state index in [0.717, 1.165) is 0 Å². The van der Waals surface area contributed by atoms with Crippen LogP contribution in [0.15, 0.2) is 18.2 Å². The van der Waals surface area contributed by atoms with Crippen molar-refractivity contribution in [2.45, 2.75) is 12.4 Å². The fourth-order valence-electron chi connectivity index (χ4n) is 0.994. The molecule has 16 heavy (non-hydrogen) atoms. The number of rotatable bonds is 1. The van der Waals surface area contributed by atoms with Gasteiger partial charge in [-0.1, -0.05) is 0 Å². The van der Waals surface area contributed by atoms with Gasteiger partial charge >= 0.3 is 20.4 Å². The van der Waals surface area contributed by atoms with Gasteiger partial charge in [0.2, 0.25) is 0 Å². The summed E-state index contributed by atoms with van der Waals surface area (Å²) in [6, 6.07) is 0.757. The van der Waals surface area contributed by atoms with Crippen LogP contribution in [0.3, 0.4) is 0 Å². The first kappa shape index (κ1) is 12.7. The third kappa shape index (κ3) is 2.83. The molecule has 0 unspecified atom stereocenters. The second-order valence-electron chi connectivity index (χ2n) is 2.86. The summed E-state index contributed by atoms with van der Waals surface area (Å²) in [6.45, 7) is 0. The average Bonchev–Trinajstić information content (AvgIpc) is 2.14. The molecule has 0 aliphatic carbocycles. The van der Waals surface area contributed by atoms with Crippen LogP contribution in [-0.2, 0) is 12.4 Å². The topological polar surface area (TPSA) is 9.23 Å². The van der Waals surface area contributed by atoms with Crippen LogP contribution in [0.4, 0.5) is 26.3 Å². The average molecular weight is 240 g/mol. The molecule has 1 rings (SSSR count). The number of halogens is 6. The molecule has 0 aliphatic rings. The lowest BCUT2D eigenvalue weighted by atomic mass is 10.1. The Morgan fingerprint density at radius 3 is 1.44 bits per heavy atom. The van der Waals surface area contributed by atoms with Crippen molar-refractivity contribution in [2.75, 3.05) is 0 Å². The largest absolute Gasteiger partial charge is 0.568 e. The summed E-state index contributed by atoms with van der Waals surface area (Å²) in [4.78, 5) is 0. The minimum absolute atomic E-state index is 0.0114. The van der Waals surface area contributed by atoms with Crippen LogP contribution in [0.1, 0.15) is 11.1 Å². The van der Waals surface area contributed by atoms with Crippen molar-refractivity contribution in [3.05, 3.63) is 29.3 Å². The Morgan fingerprint density at radius 1 is 0.812 bits per heavy atom. The highest BCUT2D eigenvalue weighted by molar-refractivity contribution is 5.99. The van der Waals surface area contributed by atoms with Crippen molar-refractivity contribution in [3.63, 3.8) is 0 Å². The van der Waals surface area contributed by atoms with E-state index < -0.39 is 29.2 Å². The summed E-state index contributed by atoms with van der Waals surface area (Å²) < 4.78 is 77.1. The van der Waals surface area contributed by atoms with Gasteiger partial charge in [0.25, 0.3) is 0 Å². The summed E-state index contributed by atoms with van der Waals surface area (Å²) in [5, 5.41) is 0. The lowest BCUT2D eigenvalue weighted by Crippen LogP contribution is -2.11. The van der Waals surface area contributed by atoms with E-state index in [2.05, 4.69) is 12.7 Å². The number of alkyl halides is 6. The lowest BCUT2D eigenvalue weighted by molar-refractivity contribution is -0.143. The van der Waals surface area contributed by atoms with Gasteiger partial charge in [-0.15, -0.1) is 0 Å². The summed E-state index contributed by atoms with van der Waals surface area (Å²) in [5.74, 6) is -0.706. The van der Waals surface area contributed by atoms with Crippen LogP contribution in [0.2, 0.25) is 0 Å². The highest BCUT2D eigenvalue weighted by Gasteiger charge is 2.36. The van der Waals surface area contributed by atoms with Crippen LogP contribution in [0.5, 0.6) is 5.75 Å². The number of benzene rings is 1. The Hall–Kier alpha value is -1.34. The third-order valence-electron chi connectivity index (χ3n) is 1.70. The maximum absolute atomic E-state index is 12.2. The molecule has 0 atom stereocenters. The normalized spacial score (nSPS) is 12.6. The van der Waals surface area contributed by atoms with Crippen molar-refractivity contribution >= 4 is 8.05 Å². The van der Waals surface area contributed by atoms with Gasteiger partial charge in [-0.25, -0.2) is 0 Å². The molecule has 0 amide bonds. The standard InChI is InChI=1S/C8H3BF6O/c9-16-6-2-4(7(10,11)12)1-5(3-6)8(13,14)15/h1-3H. The molecule has 86 valence electrons. The SMILES string of the molecule is [B]Oc1cc(C(F)(F)F)cc(C(F)(F)F)c1. The number of hydrogen-bond acceptors (Lipinski definition) is 1. The van der Waals surface area contributed by atoms with E-state index in [1.165, 1.54) is 0 Å².